The number of likely N-dealkylation sites (tertiary alicyclic amines) is 1. The van der Waals surface area contributed by atoms with Crippen molar-refractivity contribution >= 4 is 29.1 Å². The maximum atomic E-state index is 12.8. The summed E-state index contributed by atoms with van der Waals surface area (Å²) in [4.78, 5) is 22.1. The third-order valence-electron chi connectivity index (χ3n) is 3.81. The van der Waals surface area contributed by atoms with Gasteiger partial charge in [0, 0.05) is 19.3 Å². The van der Waals surface area contributed by atoms with Crippen LogP contribution in [0.15, 0.2) is 30.5 Å². The molecule has 1 saturated heterocycles. The highest BCUT2D eigenvalue weighted by atomic mass is 35.5. The smallest absolute Gasteiger partial charge is 0.337 e. The van der Waals surface area contributed by atoms with Gasteiger partial charge in [-0.05, 0) is 37.1 Å². The Morgan fingerprint density at radius 1 is 1.20 bits per heavy atom. The molecule has 0 atom stereocenters. The second-order valence-corrected chi connectivity index (χ2v) is 5.99. The van der Waals surface area contributed by atoms with Crippen LogP contribution in [0.5, 0.6) is 0 Å². The number of anilines is 2. The molecule has 1 aromatic heterocycles. The zero-order chi connectivity index (χ0) is 18.0. The normalized spacial score (nSPS) is 14.6. The van der Waals surface area contributed by atoms with Crippen molar-refractivity contribution in [2.24, 2.45) is 0 Å². The van der Waals surface area contributed by atoms with E-state index in [1.165, 1.54) is 12.3 Å². The first-order valence-electron chi connectivity index (χ1n) is 7.61. The number of rotatable bonds is 3. The van der Waals surface area contributed by atoms with Gasteiger partial charge in [0.2, 0.25) is 5.95 Å². The van der Waals surface area contributed by atoms with Crippen LogP contribution < -0.4 is 5.32 Å². The number of halogens is 4. The molecule has 25 heavy (non-hydrogen) atoms. The van der Waals surface area contributed by atoms with Crippen LogP contribution in [0.1, 0.15) is 28.9 Å². The van der Waals surface area contributed by atoms with Gasteiger partial charge in [-0.3, -0.25) is 4.79 Å². The van der Waals surface area contributed by atoms with Crippen molar-refractivity contribution in [3.63, 3.8) is 0 Å². The van der Waals surface area contributed by atoms with Gasteiger partial charge in [-0.25, -0.2) is 9.97 Å². The van der Waals surface area contributed by atoms with E-state index in [0.717, 1.165) is 31.0 Å². The lowest BCUT2D eigenvalue weighted by Crippen LogP contribution is -2.28. The molecular weight excluding hydrogens is 357 g/mol. The molecule has 2 aromatic rings. The van der Waals surface area contributed by atoms with Gasteiger partial charge in [0.25, 0.3) is 5.91 Å². The zero-order valence-corrected chi connectivity index (χ0v) is 13.7. The first-order valence-corrected chi connectivity index (χ1v) is 7.98. The summed E-state index contributed by atoms with van der Waals surface area (Å²) in [5, 5.41) is 2.74. The van der Waals surface area contributed by atoms with Crippen molar-refractivity contribution in [3.05, 3.63) is 46.7 Å². The van der Waals surface area contributed by atoms with Crippen molar-refractivity contribution in [2.45, 2.75) is 19.0 Å². The first kappa shape index (κ1) is 17.5. The Balaban J connectivity index is 1.84. The molecule has 9 heteroatoms. The van der Waals surface area contributed by atoms with Crippen molar-refractivity contribution < 1.29 is 18.0 Å². The molecule has 1 aromatic carbocycles. The van der Waals surface area contributed by atoms with Gasteiger partial charge in [0.05, 0.1) is 16.3 Å². The van der Waals surface area contributed by atoms with Crippen LogP contribution in [0.25, 0.3) is 0 Å². The largest absolute Gasteiger partial charge is 0.416 e. The van der Waals surface area contributed by atoms with E-state index in [1.807, 2.05) is 0 Å². The quantitative estimate of drug-likeness (QED) is 0.882. The molecule has 0 aliphatic carbocycles. The molecule has 0 radical (unpaired) electrons. The predicted molar refractivity (Wildman–Crippen MR) is 86.9 cm³/mol. The second-order valence-electron chi connectivity index (χ2n) is 5.58. The Kier molecular flexibility index (Phi) is 4.80. The molecule has 5 nitrogen and oxygen atoms in total. The van der Waals surface area contributed by atoms with Gasteiger partial charge in [0.1, 0.15) is 5.69 Å². The third-order valence-corrected chi connectivity index (χ3v) is 4.14. The van der Waals surface area contributed by atoms with E-state index in [1.54, 1.807) is 4.90 Å². The Morgan fingerprint density at radius 2 is 1.92 bits per heavy atom. The number of carbonyl (C=O) groups excluding carboxylic acids is 1. The van der Waals surface area contributed by atoms with Crippen molar-refractivity contribution in [3.8, 4) is 0 Å². The molecule has 3 rings (SSSR count). The second kappa shape index (κ2) is 6.87. The summed E-state index contributed by atoms with van der Waals surface area (Å²) in [6.07, 6.45) is -1.22. The minimum atomic E-state index is -4.49. The van der Waals surface area contributed by atoms with Gasteiger partial charge in [-0.1, -0.05) is 11.6 Å². The predicted octanol–water partition coefficient (Wildman–Crippen LogP) is 4.13. The standard InChI is InChI=1S/C16H14ClF3N4O/c17-11-4-3-10(16(18,19)20)9-13(11)23-15-21-6-5-12(22-15)14(25)24-7-1-2-8-24/h3-6,9H,1-2,7-8H2,(H,21,22,23). The lowest BCUT2D eigenvalue weighted by Gasteiger charge is -2.15. The molecule has 1 aliphatic rings. The van der Waals surface area contributed by atoms with E-state index in [9.17, 15) is 18.0 Å². The molecule has 1 amide bonds. The van der Waals surface area contributed by atoms with E-state index in [-0.39, 0.29) is 28.3 Å². The highest BCUT2D eigenvalue weighted by Crippen LogP contribution is 2.34. The highest BCUT2D eigenvalue weighted by molar-refractivity contribution is 6.33. The van der Waals surface area contributed by atoms with Gasteiger partial charge in [-0.2, -0.15) is 13.2 Å². The maximum absolute atomic E-state index is 12.8. The number of nitrogens with one attached hydrogen (secondary N) is 1. The molecule has 0 bridgehead atoms. The van der Waals surface area contributed by atoms with E-state index >= 15 is 0 Å². The Bertz CT molecular complexity index is 791. The molecule has 0 spiro atoms. The fraction of sp³-hybridized carbons (Fsp3) is 0.312. The van der Waals surface area contributed by atoms with Gasteiger partial charge in [0.15, 0.2) is 0 Å². The number of hydrogen-bond acceptors (Lipinski definition) is 4. The zero-order valence-electron chi connectivity index (χ0n) is 13.0. The number of benzene rings is 1. The van der Waals surface area contributed by atoms with Crippen molar-refractivity contribution in [1.29, 1.82) is 0 Å². The Hall–Kier alpha value is -2.35. The minimum Gasteiger partial charge on any atom is -0.337 e. The number of alkyl halides is 3. The summed E-state index contributed by atoms with van der Waals surface area (Å²) >= 11 is 5.94. The van der Waals surface area contributed by atoms with Crippen LogP contribution in [0, 0.1) is 0 Å². The van der Waals surface area contributed by atoms with E-state index in [0.29, 0.717) is 13.1 Å². The maximum Gasteiger partial charge on any atom is 0.416 e. The summed E-state index contributed by atoms with van der Waals surface area (Å²) < 4.78 is 38.5. The van der Waals surface area contributed by atoms with Gasteiger partial charge < -0.3 is 10.2 Å². The average molecular weight is 371 g/mol. The van der Waals surface area contributed by atoms with Crippen molar-refractivity contribution in [1.82, 2.24) is 14.9 Å². The Morgan fingerprint density at radius 3 is 2.60 bits per heavy atom. The third kappa shape index (κ3) is 4.01. The Labute approximate surface area is 146 Å². The fourth-order valence-electron chi connectivity index (χ4n) is 2.54. The van der Waals surface area contributed by atoms with E-state index in [2.05, 4.69) is 15.3 Å². The number of amides is 1. The molecule has 1 N–H and O–H groups in total. The monoisotopic (exact) mass is 370 g/mol. The van der Waals surface area contributed by atoms with Crippen LogP contribution in [-0.2, 0) is 6.18 Å². The minimum absolute atomic E-state index is 0.00581. The average Bonchev–Trinajstić information content (AvgIpc) is 3.10. The number of aromatic nitrogens is 2. The summed E-state index contributed by atoms with van der Waals surface area (Å²) in [7, 11) is 0. The molecule has 0 saturated carbocycles. The first-order chi connectivity index (χ1) is 11.8. The van der Waals surface area contributed by atoms with E-state index in [4.69, 9.17) is 11.6 Å². The van der Waals surface area contributed by atoms with Crippen LogP contribution in [0.3, 0.4) is 0 Å². The summed E-state index contributed by atoms with van der Waals surface area (Å²) in [6.45, 7) is 1.34. The lowest BCUT2D eigenvalue weighted by molar-refractivity contribution is -0.137. The van der Waals surface area contributed by atoms with Crippen LogP contribution in [0.4, 0.5) is 24.8 Å². The van der Waals surface area contributed by atoms with Gasteiger partial charge in [-0.15, -0.1) is 0 Å². The van der Waals surface area contributed by atoms with Crippen LogP contribution in [0.2, 0.25) is 5.02 Å². The molecule has 1 fully saturated rings. The number of hydrogen-bond donors (Lipinski definition) is 1. The molecular formula is C16H14ClF3N4O. The summed E-state index contributed by atoms with van der Waals surface area (Å²) in [6, 6.07) is 4.38. The van der Waals surface area contributed by atoms with Crippen LogP contribution in [-0.4, -0.2) is 33.9 Å². The van der Waals surface area contributed by atoms with E-state index < -0.39 is 11.7 Å². The lowest BCUT2D eigenvalue weighted by atomic mass is 10.2. The summed E-state index contributed by atoms with van der Waals surface area (Å²) in [5.41, 5.74) is -0.645. The molecule has 0 unspecified atom stereocenters. The van der Waals surface area contributed by atoms with Crippen molar-refractivity contribution in [2.75, 3.05) is 18.4 Å². The topological polar surface area (TPSA) is 58.1 Å². The molecule has 132 valence electrons. The SMILES string of the molecule is O=C(c1ccnc(Nc2cc(C(F)(F)F)ccc2Cl)n1)N1CCCC1. The number of carbonyl (C=O) groups is 1. The fourth-order valence-corrected chi connectivity index (χ4v) is 2.70. The van der Waals surface area contributed by atoms with Gasteiger partial charge >= 0.3 is 6.18 Å². The molecule has 1 aliphatic heterocycles. The summed E-state index contributed by atoms with van der Waals surface area (Å²) in [5.74, 6) is -0.218. The number of nitrogens with zero attached hydrogens (tertiary/aromatic N) is 3. The molecule has 2 heterocycles. The van der Waals surface area contributed by atoms with Crippen LogP contribution >= 0.6 is 11.6 Å². The highest BCUT2D eigenvalue weighted by Gasteiger charge is 2.31.